The second-order valence-corrected chi connectivity index (χ2v) is 21.4. The third-order valence-corrected chi connectivity index (χ3v) is 14.3. The number of esters is 1. The Morgan fingerprint density at radius 2 is 0.704 bits per heavy atom. The van der Waals surface area contributed by atoms with Gasteiger partial charge in [-0.25, -0.2) is 0 Å². The maximum atomic E-state index is 12.5. The molecular weight excluding hydrogens is 875 g/mol. The van der Waals surface area contributed by atoms with Crippen molar-refractivity contribution in [2.24, 2.45) is 0 Å². The quantitative estimate of drug-likeness (QED) is 0.0321. The van der Waals surface area contributed by atoms with Crippen molar-refractivity contribution in [2.45, 2.75) is 341 Å². The second-order valence-electron chi connectivity index (χ2n) is 21.4. The number of nitrogens with one attached hydrogen (secondary N) is 1. The zero-order valence-electron chi connectivity index (χ0n) is 47.5. The highest BCUT2D eigenvalue weighted by Crippen LogP contribution is 2.17. The Morgan fingerprint density at radius 1 is 0.394 bits per heavy atom. The van der Waals surface area contributed by atoms with Crippen molar-refractivity contribution in [1.82, 2.24) is 5.32 Å². The van der Waals surface area contributed by atoms with Crippen LogP contribution in [0.3, 0.4) is 0 Å². The fourth-order valence-electron chi connectivity index (χ4n) is 9.48. The zero-order valence-corrected chi connectivity index (χ0v) is 47.5. The first kappa shape index (κ1) is 68.8. The molecule has 1 amide bonds. The van der Waals surface area contributed by atoms with Crippen molar-refractivity contribution < 1.29 is 24.5 Å². The van der Waals surface area contributed by atoms with Crippen LogP contribution >= 0.6 is 0 Å². The Bertz CT molecular complexity index is 1190. The fraction of sp³-hybridized carbons (Fsp3) is 0.846. The summed E-state index contributed by atoms with van der Waals surface area (Å²) < 4.78 is 5.47. The molecule has 6 heteroatoms. The van der Waals surface area contributed by atoms with Gasteiger partial charge in [0, 0.05) is 12.8 Å². The van der Waals surface area contributed by atoms with Gasteiger partial charge in [-0.15, -0.1) is 0 Å². The van der Waals surface area contributed by atoms with Gasteiger partial charge in [0.25, 0.3) is 0 Å². The molecule has 0 rings (SSSR count). The molecule has 3 N–H and O–H groups in total. The SMILES string of the molecule is CCCCC/C=C\C/C=C\CCCCCCCC(=O)OCCCCCCCCC/C=C\CCCCCCCC(=O)NC(CO)C(O)/C=C/CCCCCCCCCCCCCCCCCCCCCCC. The van der Waals surface area contributed by atoms with Gasteiger partial charge in [0.2, 0.25) is 5.91 Å². The van der Waals surface area contributed by atoms with Crippen molar-refractivity contribution in [3.05, 3.63) is 48.6 Å². The number of carbonyl (C=O) groups is 2. The summed E-state index contributed by atoms with van der Waals surface area (Å²) in [5, 5.41) is 23.2. The van der Waals surface area contributed by atoms with Crippen LogP contribution in [0.1, 0.15) is 328 Å². The summed E-state index contributed by atoms with van der Waals surface area (Å²) in [6.07, 6.45) is 77.2. The number of carbonyl (C=O) groups excluding carboxylic acids is 2. The lowest BCUT2D eigenvalue weighted by Crippen LogP contribution is -2.45. The van der Waals surface area contributed by atoms with Crippen LogP contribution in [0.4, 0.5) is 0 Å². The number of aliphatic hydroxyl groups is 2. The summed E-state index contributed by atoms with van der Waals surface area (Å²) >= 11 is 0. The summed E-state index contributed by atoms with van der Waals surface area (Å²) in [4.78, 5) is 24.6. The first-order chi connectivity index (χ1) is 35.0. The fourth-order valence-corrected chi connectivity index (χ4v) is 9.48. The van der Waals surface area contributed by atoms with E-state index in [0.29, 0.717) is 19.4 Å². The van der Waals surface area contributed by atoms with E-state index in [9.17, 15) is 19.8 Å². The third kappa shape index (κ3) is 57.0. The molecule has 6 nitrogen and oxygen atoms in total. The Labute approximate surface area is 442 Å². The van der Waals surface area contributed by atoms with E-state index in [1.807, 2.05) is 6.08 Å². The van der Waals surface area contributed by atoms with Gasteiger partial charge < -0.3 is 20.3 Å². The number of unbranched alkanes of at least 4 members (excludes halogenated alkanes) is 41. The Hall–Kier alpha value is -2.18. The number of hydrogen-bond acceptors (Lipinski definition) is 5. The molecule has 0 bridgehead atoms. The summed E-state index contributed by atoms with van der Waals surface area (Å²) in [6, 6.07) is -0.643. The average molecular weight is 997 g/mol. The third-order valence-electron chi connectivity index (χ3n) is 14.3. The minimum atomic E-state index is -0.858. The largest absolute Gasteiger partial charge is 0.466 e. The van der Waals surface area contributed by atoms with Gasteiger partial charge in [0.15, 0.2) is 0 Å². The van der Waals surface area contributed by atoms with E-state index in [1.165, 1.54) is 231 Å². The highest BCUT2D eigenvalue weighted by molar-refractivity contribution is 5.76. The minimum Gasteiger partial charge on any atom is -0.466 e. The van der Waals surface area contributed by atoms with E-state index in [2.05, 4.69) is 55.6 Å². The van der Waals surface area contributed by atoms with Crippen LogP contribution in [0.5, 0.6) is 0 Å². The van der Waals surface area contributed by atoms with Crippen LogP contribution in [0.15, 0.2) is 48.6 Å². The molecule has 2 unspecified atom stereocenters. The van der Waals surface area contributed by atoms with Gasteiger partial charge in [-0.05, 0) is 89.9 Å². The minimum absolute atomic E-state index is 0.0178. The summed E-state index contributed by atoms with van der Waals surface area (Å²) in [7, 11) is 0. The van der Waals surface area contributed by atoms with Crippen LogP contribution in [0.25, 0.3) is 0 Å². The van der Waals surface area contributed by atoms with Gasteiger partial charge in [-0.2, -0.15) is 0 Å². The summed E-state index contributed by atoms with van der Waals surface area (Å²) in [6.45, 7) is 4.86. The molecule has 0 spiro atoms. The number of aliphatic hydroxyl groups excluding tert-OH is 2. The number of amides is 1. The van der Waals surface area contributed by atoms with Gasteiger partial charge in [0.1, 0.15) is 0 Å². The van der Waals surface area contributed by atoms with Crippen molar-refractivity contribution in [2.75, 3.05) is 13.2 Å². The number of allylic oxidation sites excluding steroid dienone is 7. The Kier molecular flexibility index (Phi) is 58.5. The average Bonchev–Trinajstić information content (AvgIpc) is 3.37. The molecule has 416 valence electrons. The molecule has 0 aromatic rings. The normalized spacial score (nSPS) is 12.9. The van der Waals surface area contributed by atoms with Crippen LogP contribution in [-0.2, 0) is 14.3 Å². The van der Waals surface area contributed by atoms with Crippen molar-refractivity contribution in [3.8, 4) is 0 Å². The molecule has 0 heterocycles. The molecule has 2 atom stereocenters. The lowest BCUT2D eigenvalue weighted by Gasteiger charge is -2.20. The molecule has 0 aromatic carbocycles. The zero-order chi connectivity index (χ0) is 51.4. The predicted octanol–water partition coefficient (Wildman–Crippen LogP) is 19.7. The molecule has 0 aliphatic heterocycles. The predicted molar refractivity (Wildman–Crippen MR) is 310 cm³/mol. The van der Waals surface area contributed by atoms with E-state index < -0.39 is 12.1 Å². The molecule has 0 saturated carbocycles. The first-order valence-electron chi connectivity index (χ1n) is 31.4. The molecular formula is C65H121NO5. The molecule has 0 aliphatic carbocycles. The molecule has 0 aromatic heterocycles. The smallest absolute Gasteiger partial charge is 0.305 e. The van der Waals surface area contributed by atoms with Gasteiger partial charge in [0.05, 0.1) is 25.4 Å². The van der Waals surface area contributed by atoms with Crippen LogP contribution in [-0.4, -0.2) is 47.4 Å². The highest BCUT2D eigenvalue weighted by Gasteiger charge is 2.18. The van der Waals surface area contributed by atoms with E-state index in [1.54, 1.807) is 6.08 Å². The van der Waals surface area contributed by atoms with Gasteiger partial charge in [-0.1, -0.05) is 274 Å². The maximum Gasteiger partial charge on any atom is 0.305 e. The van der Waals surface area contributed by atoms with E-state index >= 15 is 0 Å². The van der Waals surface area contributed by atoms with Gasteiger partial charge >= 0.3 is 5.97 Å². The topological polar surface area (TPSA) is 95.9 Å². The van der Waals surface area contributed by atoms with Gasteiger partial charge in [-0.3, -0.25) is 9.59 Å². The molecule has 0 radical (unpaired) electrons. The Balaban J connectivity index is 3.51. The van der Waals surface area contributed by atoms with Crippen LogP contribution in [0, 0.1) is 0 Å². The lowest BCUT2D eigenvalue weighted by molar-refractivity contribution is -0.143. The monoisotopic (exact) mass is 996 g/mol. The van der Waals surface area contributed by atoms with Crippen molar-refractivity contribution in [3.63, 3.8) is 0 Å². The molecule has 71 heavy (non-hydrogen) atoms. The van der Waals surface area contributed by atoms with Crippen LogP contribution < -0.4 is 5.32 Å². The van der Waals surface area contributed by atoms with E-state index in [0.717, 1.165) is 70.6 Å². The standard InChI is InChI=1S/C65H121NO5/c1-3-5-7-9-11-13-15-17-19-20-21-22-23-24-25-26-30-33-37-41-45-49-53-57-63(68)62(61-67)66-64(69)58-54-50-46-42-38-34-31-27-28-32-36-40-44-48-52-56-60-71-65(70)59-55-51-47-43-39-35-29-18-16-14-12-10-8-6-4-2/h12,14,18,27,29,31,53,57,62-63,67-68H,3-11,13,15-17,19-26,28,30,32-52,54-56,58-61H2,1-2H3,(H,66,69)/b14-12-,29-18-,31-27-,57-53+. The van der Waals surface area contributed by atoms with Crippen molar-refractivity contribution >= 4 is 11.9 Å². The van der Waals surface area contributed by atoms with Crippen LogP contribution in [0.2, 0.25) is 0 Å². The lowest BCUT2D eigenvalue weighted by atomic mass is 10.0. The maximum absolute atomic E-state index is 12.5. The second kappa shape index (κ2) is 60.4. The Morgan fingerprint density at radius 3 is 1.11 bits per heavy atom. The summed E-state index contributed by atoms with van der Waals surface area (Å²) in [5.74, 6) is -0.101. The van der Waals surface area contributed by atoms with E-state index in [-0.39, 0.29) is 18.5 Å². The summed E-state index contributed by atoms with van der Waals surface area (Å²) in [5.41, 5.74) is 0. The number of ether oxygens (including phenoxy) is 1. The number of hydrogen-bond donors (Lipinski definition) is 3. The van der Waals surface area contributed by atoms with E-state index in [4.69, 9.17) is 4.74 Å². The molecule has 0 saturated heterocycles. The number of rotatable bonds is 58. The first-order valence-corrected chi connectivity index (χ1v) is 31.4. The molecule has 0 fully saturated rings. The van der Waals surface area contributed by atoms with Crippen molar-refractivity contribution in [1.29, 1.82) is 0 Å². The molecule has 0 aliphatic rings. The highest BCUT2D eigenvalue weighted by atomic mass is 16.5.